The number of Topliss-reactive ketones (excluding diaryl/α,β-unsaturated/α-hetero) is 1. The molecule has 3 aromatic carbocycles. The third-order valence-corrected chi connectivity index (χ3v) is 7.50. The minimum absolute atomic E-state index is 0.143. The summed E-state index contributed by atoms with van der Waals surface area (Å²) in [6, 6.07) is 18.7. The lowest BCUT2D eigenvalue weighted by Gasteiger charge is -2.44. The monoisotopic (exact) mass is 590 g/mol. The number of rotatable bonds is 10. The molecule has 1 saturated carbocycles. The first kappa shape index (κ1) is 31.4. The predicted molar refractivity (Wildman–Crippen MR) is 162 cm³/mol. The largest absolute Gasteiger partial charge is 0.495 e. The highest BCUT2D eigenvalue weighted by Crippen LogP contribution is 2.48. The average molecular weight is 591 g/mol. The van der Waals surface area contributed by atoms with Gasteiger partial charge in [0.2, 0.25) is 11.8 Å². The number of carbonyl (C=O) groups is 3. The molecule has 0 aromatic heterocycles. The summed E-state index contributed by atoms with van der Waals surface area (Å²) >= 11 is 0. The number of amides is 2. The summed E-state index contributed by atoms with van der Waals surface area (Å²) < 4.78 is 22.2. The zero-order chi connectivity index (χ0) is 31.3. The number of methoxy groups -OCH3 is 3. The van der Waals surface area contributed by atoms with Crippen LogP contribution in [0.25, 0.3) is 0 Å². The molecule has 3 N–H and O–H groups in total. The number of para-hydroxylation sites is 4. The number of hydrogen-bond acceptors (Lipinski definition) is 8. The summed E-state index contributed by atoms with van der Waals surface area (Å²) in [6.45, 7) is 5.19. The standard InChI is InChI=1S/C33H38N2O8/c1-19(2)43-26-16-15-20(17-27(26)42-6)28-29(31(37)34-21-11-7-9-13-24(21)40-4)23(36)18-33(3,39)30(28)32(38)35-22-12-8-10-14-25(22)41-5/h7-17,19,28-30,39H,18H2,1-6H3,(H,34,37)(H,35,38). The van der Waals surface area contributed by atoms with Crippen LogP contribution >= 0.6 is 0 Å². The van der Waals surface area contributed by atoms with Crippen molar-refractivity contribution >= 4 is 29.0 Å². The van der Waals surface area contributed by atoms with Crippen LogP contribution in [0.5, 0.6) is 23.0 Å². The van der Waals surface area contributed by atoms with Gasteiger partial charge >= 0.3 is 0 Å². The van der Waals surface area contributed by atoms with E-state index in [2.05, 4.69) is 10.6 Å². The first-order valence-corrected chi connectivity index (χ1v) is 14.0. The van der Waals surface area contributed by atoms with Gasteiger partial charge in [0.1, 0.15) is 23.2 Å². The lowest BCUT2D eigenvalue weighted by atomic mass is 9.61. The zero-order valence-electron chi connectivity index (χ0n) is 25.2. The fourth-order valence-electron chi connectivity index (χ4n) is 5.65. The molecule has 10 heteroatoms. The Balaban J connectivity index is 1.84. The third-order valence-electron chi connectivity index (χ3n) is 7.50. The van der Waals surface area contributed by atoms with E-state index in [0.29, 0.717) is 39.9 Å². The summed E-state index contributed by atoms with van der Waals surface area (Å²) in [5, 5.41) is 17.3. The van der Waals surface area contributed by atoms with Crippen molar-refractivity contribution in [3.05, 3.63) is 72.3 Å². The number of benzene rings is 3. The Morgan fingerprint density at radius 1 is 0.814 bits per heavy atom. The van der Waals surface area contributed by atoms with Gasteiger partial charge in [-0.15, -0.1) is 0 Å². The number of ether oxygens (including phenoxy) is 4. The molecule has 0 aliphatic heterocycles. The number of aliphatic hydroxyl groups is 1. The third kappa shape index (κ3) is 6.75. The molecule has 1 aliphatic rings. The maximum absolute atomic E-state index is 14.1. The van der Waals surface area contributed by atoms with Crippen LogP contribution in [0.2, 0.25) is 0 Å². The van der Waals surface area contributed by atoms with Crippen LogP contribution in [-0.2, 0) is 14.4 Å². The van der Waals surface area contributed by atoms with E-state index in [9.17, 15) is 19.5 Å². The number of nitrogens with one attached hydrogen (secondary N) is 2. The molecule has 43 heavy (non-hydrogen) atoms. The van der Waals surface area contributed by atoms with Crippen molar-refractivity contribution < 1.29 is 38.4 Å². The highest BCUT2D eigenvalue weighted by molar-refractivity contribution is 6.11. The van der Waals surface area contributed by atoms with Crippen LogP contribution < -0.4 is 29.6 Å². The van der Waals surface area contributed by atoms with Crippen molar-refractivity contribution in [1.82, 2.24) is 0 Å². The van der Waals surface area contributed by atoms with E-state index in [0.717, 1.165) is 0 Å². The summed E-state index contributed by atoms with van der Waals surface area (Å²) in [4.78, 5) is 41.8. The maximum Gasteiger partial charge on any atom is 0.235 e. The number of hydrogen-bond donors (Lipinski definition) is 3. The Morgan fingerprint density at radius 2 is 1.35 bits per heavy atom. The molecule has 4 atom stereocenters. The fourth-order valence-corrected chi connectivity index (χ4v) is 5.65. The van der Waals surface area contributed by atoms with Crippen molar-refractivity contribution in [2.24, 2.45) is 11.8 Å². The number of ketones is 1. The molecule has 4 unspecified atom stereocenters. The van der Waals surface area contributed by atoms with Crippen molar-refractivity contribution in [2.45, 2.75) is 44.8 Å². The second-order valence-electron chi connectivity index (χ2n) is 10.9. The first-order valence-electron chi connectivity index (χ1n) is 14.0. The Kier molecular flexibility index (Phi) is 9.60. The van der Waals surface area contributed by atoms with Crippen LogP contribution in [0.4, 0.5) is 11.4 Å². The van der Waals surface area contributed by atoms with Gasteiger partial charge in [-0.25, -0.2) is 0 Å². The van der Waals surface area contributed by atoms with Crippen LogP contribution in [-0.4, -0.2) is 55.7 Å². The van der Waals surface area contributed by atoms with Crippen LogP contribution in [0.15, 0.2) is 66.7 Å². The zero-order valence-corrected chi connectivity index (χ0v) is 25.2. The topological polar surface area (TPSA) is 132 Å². The fraction of sp³-hybridized carbons (Fsp3) is 0.364. The Bertz CT molecular complexity index is 1490. The smallest absolute Gasteiger partial charge is 0.235 e. The minimum atomic E-state index is -1.80. The summed E-state index contributed by atoms with van der Waals surface area (Å²) in [5.41, 5.74) is -0.599. The molecule has 1 fully saturated rings. The molecule has 2 amide bonds. The minimum Gasteiger partial charge on any atom is -0.495 e. The first-order chi connectivity index (χ1) is 20.5. The average Bonchev–Trinajstić information content (AvgIpc) is 2.96. The van der Waals surface area contributed by atoms with Gasteiger partial charge in [-0.2, -0.15) is 0 Å². The van der Waals surface area contributed by atoms with Gasteiger partial charge in [0.05, 0.1) is 50.3 Å². The quantitative estimate of drug-likeness (QED) is 0.287. The van der Waals surface area contributed by atoms with E-state index in [1.165, 1.54) is 28.3 Å². The van der Waals surface area contributed by atoms with Crippen molar-refractivity contribution in [1.29, 1.82) is 0 Å². The number of anilines is 2. The highest BCUT2D eigenvalue weighted by atomic mass is 16.5. The molecular weight excluding hydrogens is 552 g/mol. The normalized spacial score (nSPS) is 21.6. The van der Waals surface area contributed by atoms with Gasteiger partial charge in [-0.3, -0.25) is 14.4 Å². The Hall–Kier alpha value is -4.57. The molecule has 0 radical (unpaired) electrons. The maximum atomic E-state index is 14.1. The Labute approximate surface area is 251 Å². The molecule has 0 bridgehead atoms. The molecule has 0 spiro atoms. The van der Waals surface area contributed by atoms with Gasteiger partial charge in [-0.05, 0) is 62.7 Å². The highest BCUT2D eigenvalue weighted by Gasteiger charge is 2.56. The molecular formula is C33H38N2O8. The van der Waals surface area contributed by atoms with E-state index < -0.39 is 47.4 Å². The number of carbonyl (C=O) groups excluding carboxylic acids is 3. The predicted octanol–water partition coefficient (Wildman–Crippen LogP) is 4.82. The second-order valence-corrected chi connectivity index (χ2v) is 10.9. The van der Waals surface area contributed by atoms with E-state index in [1.807, 2.05) is 13.8 Å². The lowest BCUT2D eigenvalue weighted by molar-refractivity contribution is -0.150. The lowest BCUT2D eigenvalue weighted by Crippen LogP contribution is -2.56. The molecule has 10 nitrogen and oxygen atoms in total. The molecule has 1 aliphatic carbocycles. The van der Waals surface area contributed by atoms with E-state index in [4.69, 9.17) is 18.9 Å². The second kappa shape index (κ2) is 13.2. The molecule has 0 saturated heterocycles. The summed E-state index contributed by atoms with van der Waals surface area (Å²) in [5.74, 6) is -3.73. The van der Waals surface area contributed by atoms with E-state index in [-0.39, 0.29) is 6.10 Å². The Morgan fingerprint density at radius 3 is 1.88 bits per heavy atom. The molecule has 0 heterocycles. The van der Waals surface area contributed by atoms with Crippen molar-refractivity contribution in [2.75, 3.05) is 32.0 Å². The SMILES string of the molecule is COc1ccccc1NC(=O)C1C(=O)CC(C)(O)C(C(=O)Nc2ccccc2OC)C1c1ccc(OC(C)C)c(OC)c1. The molecule has 4 rings (SSSR count). The van der Waals surface area contributed by atoms with Gasteiger partial charge in [0.15, 0.2) is 11.5 Å². The van der Waals surface area contributed by atoms with Crippen LogP contribution in [0.3, 0.4) is 0 Å². The van der Waals surface area contributed by atoms with Crippen molar-refractivity contribution in [3.63, 3.8) is 0 Å². The van der Waals surface area contributed by atoms with Crippen LogP contribution in [0.1, 0.15) is 38.7 Å². The van der Waals surface area contributed by atoms with Gasteiger partial charge < -0.3 is 34.7 Å². The molecule has 228 valence electrons. The molecule has 3 aromatic rings. The van der Waals surface area contributed by atoms with Gasteiger partial charge in [0, 0.05) is 12.3 Å². The van der Waals surface area contributed by atoms with Gasteiger partial charge in [-0.1, -0.05) is 30.3 Å². The van der Waals surface area contributed by atoms with Crippen LogP contribution in [0, 0.1) is 11.8 Å². The summed E-state index contributed by atoms with van der Waals surface area (Å²) in [7, 11) is 4.43. The van der Waals surface area contributed by atoms with E-state index in [1.54, 1.807) is 66.7 Å². The van der Waals surface area contributed by atoms with E-state index >= 15 is 0 Å². The van der Waals surface area contributed by atoms with Gasteiger partial charge in [0.25, 0.3) is 0 Å². The van der Waals surface area contributed by atoms with Crippen molar-refractivity contribution in [3.8, 4) is 23.0 Å². The summed E-state index contributed by atoms with van der Waals surface area (Å²) in [6.07, 6.45) is -0.557.